The highest BCUT2D eigenvalue weighted by Crippen LogP contribution is 2.46. The second kappa shape index (κ2) is 9.41. The monoisotopic (exact) mass is 561 g/mol. The number of carbonyl (C=O) groups excluding carboxylic acids is 2. The summed E-state index contributed by atoms with van der Waals surface area (Å²) in [6, 6.07) is 7.04. The zero-order valence-corrected chi connectivity index (χ0v) is 21.1. The van der Waals surface area contributed by atoms with Crippen molar-refractivity contribution in [2.24, 2.45) is 5.73 Å². The van der Waals surface area contributed by atoms with Crippen molar-refractivity contribution in [3.05, 3.63) is 64.7 Å². The highest BCUT2D eigenvalue weighted by Gasteiger charge is 2.57. The lowest BCUT2D eigenvalue weighted by molar-refractivity contribution is -0.265. The third-order valence-corrected chi connectivity index (χ3v) is 6.73. The van der Waals surface area contributed by atoms with Crippen LogP contribution >= 0.6 is 0 Å². The Hall–Kier alpha value is -4.30. The number of nitrogens with two attached hydrogens (primary N) is 1. The van der Waals surface area contributed by atoms with Gasteiger partial charge in [-0.1, -0.05) is 0 Å². The fraction of sp³-hybridized carbons (Fsp3) is 0.308. The van der Waals surface area contributed by atoms with Crippen molar-refractivity contribution in [3.8, 4) is 22.9 Å². The number of fused-ring (bicyclic) bond motifs is 2. The molecule has 0 aliphatic carbocycles. The minimum Gasteiger partial charge on any atom is -0.489 e. The Morgan fingerprint density at radius 1 is 1.25 bits per heavy atom. The molecule has 5 rings (SSSR count). The van der Waals surface area contributed by atoms with Crippen LogP contribution in [0.15, 0.2) is 36.4 Å². The number of alkyl halides is 3. The van der Waals surface area contributed by atoms with Crippen molar-refractivity contribution in [3.63, 3.8) is 0 Å². The van der Waals surface area contributed by atoms with Gasteiger partial charge in [0.1, 0.15) is 29.5 Å². The van der Waals surface area contributed by atoms with Gasteiger partial charge in [-0.2, -0.15) is 13.2 Å². The molecule has 0 saturated heterocycles. The molecular weight excluding hydrogens is 538 g/mol. The van der Waals surface area contributed by atoms with Crippen LogP contribution in [-0.4, -0.2) is 53.3 Å². The van der Waals surface area contributed by atoms with E-state index in [0.29, 0.717) is 5.56 Å². The molecule has 0 bridgehead atoms. The maximum Gasteiger partial charge on any atom is 0.424 e. The van der Waals surface area contributed by atoms with Gasteiger partial charge in [-0.05, 0) is 48.9 Å². The van der Waals surface area contributed by atoms with E-state index >= 15 is 0 Å². The van der Waals surface area contributed by atoms with Crippen LogP contribution < -0.4 is 25.8 Å². The Morgan fingerprint density at radius 3 is 2.60 bits per heavy atom. The molecular formula is C26H23F4N5O5. The number of ether oxygens (including phenoxy) is 2. The average molecular weight is 561 g/mol. The molecule has 2 atom stereocenters. The second-order valence-corrected chi connectivity index (χ2v) is 9.76. The minimum absolute atomic E-state index is 0.0773. The van der Waals surface area contributed by atoms with Gasteiger partial charge in [0, 0.05) is 11.1 Å². The lowest BCUT2D eigenvalue weighted by atomic mass is 9.89. The number of rotatable bonds is 6. The SMILES string of the molecule is COc1nc(C(=O)NCC(O)(c2cc3c(c(-c4ccc(F)cc4)n2)OC[C@@]3(C)N)C(F)(F)F)cc2c1NC(=O)C2. The van der Waals surface area contributed by atoms with Crippen LogP contribution in [0.1, 0.15) is 34.2 Å². The number of aliphatic hydroxyl groups is 1. The van der Waals surface area contributed by atoms with E-state index in [-0.39, 0.29) is 58.8 Å². The van der Waals surface area contributed by atoms with Crippen LogP contribution in [0.3, 0.4) is 0 Å². The predicted molar refractivity (Wildman–Crippen MR) is 132 cm³/mol. The Morgan fingerprint density at radius 2 is 1.95 bits per heavy atom. The molecule has 1 aromatic carbocycles. The Bertz CT molecular complexity index is 1530. The second-order valence-electron chi connectivity index (χ2n) is 9.76. The zero-order valence-electron chi connectivity index (χ0n) is 21.1. The smallest absolute Gasteiger partial charge is 0.424 e. The molecule has 3 aromatic rings. The number of methoxy groups -OCH3 is 1. The van der Waals surface area contributed by atoms with Crippen LogP contribution in [0.5, 0.6) is 11.6 Å². The quantitative estimate of drug-likeness (QED) is 0.336. The number of amides is 2. The summed E-state index contributed by atoms with van der Waals surface area (Å²) in [4.78, 5) is 32.7. The minimum atomic E-state index is -5.31. The van der Waals surface area contributed by atoms with Gasteiger partial charge in [-0.15, -0.1) is 0 Å². The van der Waals surface area contributed by atoms with Gasteiger partial charge in [0.2, 0.25) is 17.4 Å². The number of pyridine rings is 2. The van der Waals surface area contributed by atoms with Gasteiger partial charge in [0.25, 0.3) is 5.91 Å². The average Bonchev–Trinajstić information content (AvgIpc) is 3.43. The van der Waals surface area contributed by atoms with E-state index in [0.717, 1.165) is 18.2 Å². The standard InChI is InChI=1S/C26H23F4N5O5/c1-24(31)11-40-21-15(24)9-17(34-19(21)12-3-5-14(27)6-4-12)25(38,26(28,29)30)10-32-22(37)16-7-13-8-18(36)35-20(13)23(33-16)39-2/h3-7,9,38H,8,10-11,31H2,1-2H3,(H,32,37)(H,35,36)/t24-,25?/m1/s1. The number of aromatic nitrogens is 2. The number of hydrogen-bond acceptors (Lipinski definition) is 8. The van der Waals surface area contributed by atoms with Crippen molar-refractivity contribution >= 4 is 17.5 Å². The van der Waals surface area contributed by atoms with E-state index < -0.39 is 41.3 Å². The highest BCUT2D eigenvalue weighted by atomic mass is 19.4. The van der Waals surface area contributed by atoms with Gasteiger partial charge in [-0.25, -0.2) is 14.4 Å². The fourth-order valence-electron chi connectivity index (χ4n) is 4.52. The Balaban J connectivity index is 1.54. The normalized spacial score (nSPS) is 19.2. The topological polar surface area (TPSA) is 149 Å². The highest BCUT2D eigenvalue weighted by molar-refractivity contribution is 6.02. The molecule has 2 aliphatic rings. The lowest BCUT2D eigenvalue weighted by Crippen LogP contribution is -2.52. The maximum absolute atomic E-state index is 14.5. The van der Waals surface area contributed by atoms with E-state index in [1.54, 1.807) is 0 Å². The van der Waals surface area contributed by atoms with Crippen LogP contribution in [0.2, 0.25) is 0 Å². The summed E-state index contributed by atoms with van der Waals surface area (Å²) in [7, 11) is 1.25. The molecule has 40 heavy (non-hydrogen) atoms. The van der Waals surface area contributed by atoms with Gasteiger partial charge in [-0.3, -0.25) is 9.59 Å². The first kappa shape index (κ1) is 27.3. The fourth-order valence-corrected chi connectivity index (χ4v) is 4.52. The van der Waals surface area contributed by atoms with Crippen LogP contribution in [0.4, 0.5) is 23.2 Å². The van der Waals surface area contributed by atoms with Gasteiger partial charge < -0.3 is 30.9 Å². The summed E-state index contributed by atoms with van der Waals surface area (Å²) in [5, 5.41) is 15.7. The van der Waals surface area contributed by atoms with Crippen molar-refractivity contribution < 1.29 is 41.7 Å². The first-order valence-corrected chi connectivity index (χ1v) is 11.9. The van der Waals surface area contributed by atoms with Crippen molar-refractivity contribution in [1.29, 1.82) is 0 Å². The van der Waals surface area contributed by atoms with Crippen LogP contribution in [0, 0.1) is 5.82 Å². The summed E-state index contributed by atoms with van der Waals surface area (Å²) in [6.07, 6.45) is -5.39. The summed E-state index contributed by atoms with van der Waals surface area (Å²) in [5.41, 5.74) is 1.11. The summed E-state index contributed by atoms with van der Waals surface area (Å²) < 4.78 is 67.7. The largest absolute Gasteiger partial charge is 0.489 e. The number of halogens is 4. The van der Waals surface area contributed by atoms with E-state index in [1.165, 1.54) is 32.2 Å². The van der Waals surface area contributed by atoms with E-state index in [9.17, 15) is 32.3 Å². The van der Waals surface area contributed by atoms with Gasteiger partial charge >= 0.3 is 6.18 Å². The molecule has 2 aromatic heterocycles. The first-order chi connectivity index (χ1) is 18.7. The molecule has 5 N–H and O–H groups in total. The summed E-state index contributed by atoms with van der Waals surface area (Å²) in [6.45, 7) is 0.119. The Kier molecular flexibility index (Phi) is 6.42. The molecule has 2 amide bonds. The van der Waals surface area contributed by atoms with E-state index in [1.807, 2.05) is 0 Å². The summed E-state index contributed by atoms with van der Waals surface area (Å²) in [5.74, 6) is -1.99. The molecule has 2 aliphatic heterocycles. The third kappa shape index (κ3) is 4.58. The van der Waals surface area contributed by atoms with Crippen molar-refractivity contribution in [2.45, 2.75) is 30.7 Å². The number of carbonyl (C=O) groups is 2. The lowest BCUT2D eigenvalue weighted by Gasteiger charge is -2.31. The molecule has 0 saturated carbocycles. The molecule has 0 radical (unpaired) electrons. The summed E-state index contributed by atoms with van der Waals surface area (Å²) >= 11 is 0. The van der Waals surface area contributed by atoms with E-state index in [4.69, 9.17) is 15.2 Å². The van der Waals surface area contributed by atoms with Crippen LogP contribution in [-0.2, 0) is 22.4 Å². The first-order valence-electron chi connectivity index (χ1n) is 11.9. The number of anilines is 1. The number of nitrogens with zero attached hydrogens (tertiary/aromatic N) is 2. The Labute approximate surface area is 224 Å². The molecule has 4 heterocycles. The zero-order chi connectivity index (χ0) is 29.0. The molecule has 0 fully saturated rings. The predicted octanol–water partition coefficient (Wildman–Crippen LogP) is 2.53. The van der Waals surface area contributed by atoms with Crippen LogP contribution in [0.25, 0.3) is 11.3 Å². The molecule has 0 spiro atoms. The van der Waals surface area contributed by atoms with Gasteiger partial charge in [0.15, 0.2) is 5.75 Å². The maximum atomic E-state index is 14.5. The molecule has 10 nitrogen and oxygen atoms in total. The van der Waals surface area contributed by atoms with E-state index in [2.05, 4.69) is 20.6 Å². The molecule has 210 valence electrons. The molecule has 14 heteroatoms. The number of nitrogens with one attached hydrogen (secondary N) is 2. The number of benzene rings is 1. The van der Waals surface area contributed by atoms with Crippen molar-refractivity contribution in [2.75, 3.05) is 25.6 Å². The third-order valence-electron chi connectivity index (χ3n) is 6.73. The van der Waals surface area contributed by atoms with Crippen molar-refractivity contribution in [1.82, 2.24) is 15.3 Å². The van der Waals surface area contributed by atoms with Gasteiger partial charge in [0.05, 0.1) is 31.3 Å². The molecule has 1 unspecified atom stereocenters. The number of hydrogen-bond donors (Lipinski definition) is 4.